The zero-order valence-corrected chi connectivity index (χ0v) is 14.0. The second-order valence-electron chi connectivity index (χ2n) is 5.01. The molecule has 0 aliphatic heterocycles. The van der Waals surface area contributed by atoms with Crippen molar-refractivity contribution in [2.45, 2.75) is 4.90 Å². The molecule has 0 amide bonds. The van der Waals surface area contributed by atoms with Crippen LogP contribution >= 0.6 is 0 Å². The second kappa shape index (κ2) is 6.37. The molecule has 6 nitrogen and oxygen atoms in total. The first kappa shape index (κ1) is 16.1. The van der Waals surface area contributed by atoms with Gasteiger partial charge in [-0.1, -0.05) is 18.2 Å². The first-order valence-electron chi connectivity index (χ1n) is 7.14. The van der Waals surface area contributed by atoms with E-state index < -0.39 is 10.0 Å². The van der Waals surface area contributed by atoms with Crippen LogP contribution < -0.4 is 14.2 Å². The Bertz CT molecular complexity index is 987. The molecular formula is C17H16N2O4S. The van der Waals surface area contributed by atoms with Crippen molar-refractivity contribution < 1.29 is 17.9 Å². The Morgan fingerprint density at radius 2 is 1.75 bits per heavy atom. The molecule has 3 aromatic rings. The zero-order chi connectivity index (χ0) is 17.2. The highest BCUT2D eigenvalue weighted by molar-refractivity contribution is 7.92. The highest BCUT2D eigenvalue weighted by Gasteiger charge is 2.21. The summed E-state index contributed by atoms with van der Waals surface area (Å²) in [4.78, 5) is 4.31. The molecule has 124 valence electrons. The molecule has 0 unspecified atom stereocenters. The maximum absolute atomic E-state index is 12.7. The van der Waals surface area contributed by atoms with Gasteiger partial charge in [-0.05, 0) is 30.3 Å². The molecule has 0 radical (unpaired) electrons. The van der Waals surface area contributed by atoms with Gasteiger partial charge in [0.05, 0.1) is 19.7 Å². The number of hydrogen-bond acceptors (Lipinski definition) is 5. The van der Waals surface area contributed by atoms with Gasteiger partial charge < -0.3 is 9.47 Å². The number of aromatic nitrogens is 1. The van der Waals surface area contributed by atoms with Gasteiger partial charge in [0.1, 0.15) is 22.2 Å². The van der Waals surface area contributed by atoms with Gasteiger partial charge >= 0.3 is 0 Å². The standard InChI is InChI=1S/C17H16N2O4S/c1-22-13-8-9-15(23-2)16(11-13)24(20,21)19-17-10-7-12-5-3-4-6-14(12)18-17/h3-11H,1-2H3,(H,18,19). The van der Waals surface area contributed by atoms with Crippen molar-refractivity contribution in [1.29, 1.82) is 0 Å². The fraction of sp³-hybridized carbons (Fsp3) is 0.118. The van der Waals surface area contributed by atoms with Crippen molar-refractivity contribution in [2.24, 2.45) is 0 Å². The van der Waals surface area contributed by atoms with Gasteiger partial charge in [-0.15, -0.1) is 0 Å². The monoisotopic (exact) mass is 344 g/mol. The van der Waals surface area contributed by atoms with Gasteiger partial charge in [0.25, 0.3) is 10.0 Å². The van der Waals surface area contributed by atoms with Crippen molar-refractivity contribution in [3.8, 4) is 11.5 Å². The third-order valence-corrected chi connectivity index (χ3v) is 4.87. The summed E-state index contributed by atoms with van der Waals surface area (Å²) in [6.07, 6.45) is 0. The number of rotatable bonds is 5. The summed E-state index contributed by atoms with van der Waals surface area (Å²) >= 11 is 0. The van der Waals surface area contributed by atoms with Gasteiger partial charge in [0.2, 0.25) is 0 Å². The molecule has 0 atom stereocenters. The number of nitrogens with zero attached hydrogens (tertiary/aromatic N) is 1. The molecule has 1 N–H and O–H groups in total. The van der Waals surface area contributed by atoms with E-state index in [2.05, 4.69) is 9.71 Å². The molecule has 1 heterocycles. The number of ether oxygens (including phenoxy) is 2. The van der Waals surface area contributed by atoms with E-state index in [1.807, 2.05) is 30.3 Å². The minimum atomic E-state index is -3.87. The molecule has 2 aromatic carbocycles. The van der Waals surface area contributed by atoms with Crippen LogP contribution in [0.25, 0.3) is 10.9 Å². The van der Waals surface area contributed by atoms with Crippen molar-refractivity contribution in [3.05, 3.63) is 54.6 Å². The summed E-state index contributed by atoms with van der Waals surface area (Å²) in [5, 5.41) is 0.930. The average Bonchev–Trinajstić information content (AvgIpc) is 2.60. The Balaban J connectivity index is 2.01. The number of pyridine rings is 1. The van der Waals surface area contributed by atoms with Gasteiger partial charge in [0, 0.05) is 11.5 Å². The van der Waals surface area contributed by atoms with Crippen LogP contribution in [0, 0.1) is 0 Å². The summed E-state index contributed by atoms with van der Waals surface area (Å²) in [6.45, 7) is 0. The molecule has 0 bridgehead atoms. The number of para-hydroxylation sites is 1. The zero-order valence-electron chi connectivity index (χ0n) is 13.2. The number of hydrogen-bond donors (Lipinski definition) is 1. The molecule has 0 aliphatic carbocycles. The quantitative estimate of drug-likeness (QED) is 0.770. The Kier molecular flexibility index (Phi) is 4.26. The first-order chi connectivity index (χ1) is 11.5. The number of sulfonamides is 1. The predicted octanol–water partition coefficient (Wildman–Crippen LogP) is 3.05. The number of anilines is 1. The van der Waals surface area contributed by atoms with Gasteiger partial charge in [-0.2, -0.15) is 0 Å². The number of fused-ring (bicyclic) bond motifs is 1. The smallest absolute Gasteiger partial charge is 0.266 e. The molecule has 0 spiro atoms. The van der Waals surface area contributed by atoms with Crippen molar-refractivity contribution >= 4 is 26.7 Å². The first-order valence-corrected chi connectivity index (χ1v) is 8.62. The van der Waals surface area contributed by atoms with Gasteiger partial charge in [0.15, 0.2) is 0 Å². The van der Waals surface area contributed by atoms with Crippen molar-refractivity contribution in [3.63, 3.8) is 0 Å². The summed E-state index contributed by atoms with van der Waals surface area (Å²) < 4.78 is 38.1. The predicted molar refractivity (Wildman–Crippen MR) is 92.1 cm³/mol. The van der Waals surface area contributed by atoms with Crippen LogP contribution in [0.15, 0.2) is 59.5 Å². The minimum absolute atomic E-state index is 0.0145. The molecule has 1 aromatic heterocycles. The topological polar surface area (TPSA) is 77.5 Å². The molecular weight excluding hydrogens is 328 g/mol. The number of methoxy groups -OCH3 is 2. The maximum Gasteiger partial charge on any atom is 0.266 e. The fourth-order valence-electron chi connectivity index (χ4n) is 2.31. The largest absolute Gasteiger partial charge is 0.497 e. The number of benzene rings is 2. The van der Waals surface area contributed by atoms with E-state index in [4.69, 9.17) is 9.47 Å². The van der Waals surface area contributed by atoms with Crippen LogP contribution in [0.1, 0.15) is 0 Å². The molecule has 3 rings (SSSR count). The summed E-state index contributed by atoms with van der Waals surface area (Å²) in [6, 6.07) is 15.5. The molecule has 0 saturated heterocycles. The SMILES string of the molecule is COc1ccc(OC)c(S(=O)(=O)Nc2ccc3ccccc3n2)c1. The van der Waals surface area contributed by atoms with Crippen LogP contribution in [0.4, 0.5) is 5.82 Å². The minimum Gasteiger partial charge on any atom is -0.497 e. The van der Waals surface area contributed by atoms with E-state index in [-0.39, 0.29) is 16.5 Å². The van der Waals surface area contributed by atoms with Crippen LogP contribution in [-0.4, -0.2) is 27.6 Å². The summed E-state index contributed by atoms with van der Waals surface area (Å²) in [5.41, 5.74) is 0.704. The Morgan fingerprint density at radius 1 is 0.958 bits per heavy atom. The van der Waals surface area contributed by atoms with Gasteiger partial charge in [-0.3, -0.25) is 4.72 Å². The lowest BCUT2D eigenvalue weighted by Gasteiger charge is -2.12. The second-order valence-corrected chi connectivity index (χ2v) is 6.66. The highest BCUT2D eigenvalue weighted by atomic mass is 32.2. The third kappa shape index (κ3) is 3.11. The Morgan fingerprint density at radius 3 is 2.50 bits per heavy atom. The van der Waals surface area contributed by atoms with Crippen LogP contribution in [0.5, 0.6) is 11.5 Å². The average molecular weight is 344 g/mol. The van der Waals surface area contributed by atoms with E-state index in [1.165, 1.54) is 20.3 Å². The molecule has 7 heteroatoms. The normalized spacial score (nSPS) is 11.2. The summed E-state index contributed by atoms with van der Waals surface area (Å²) in [5.74, 6) is 0.880. The molecule has 0 aliphatic rings. The third-order valence-electron chi connectivity index (χ3n) is 3.50. The molecule has 0 fully saturated rings. The van der Waals surface area contributed by atoms with E-state index >= 15 is 0 Å². The fourth-order valence-corrected chi connectivity index (χ4v) is 3.50. The van der Waals surface area contributed by atoms with Crippen molar-refractivity contribution in [1.82, 2.24) is 4.98 Å². The van der Waals surface area contributed by atoms with E-state index in [0.29, 0.717) is 11.3 Å². The van der Waals surface area contributed by atoms with E-state index in [1.54, 1.807) is 18.2 Å². The number of nitrogens with one attached hydrogen (secondary N) is 1. The lowest BCUT2D eigenvalue weighted by molar-refractivity contribution is 0.392. The van der Waals surface area contributed by atoms with E-state index in [9.17, 15) is 8.42 Å². The lowest BCUT2D eigenvalue weighted by Crippen LogP contribution is -2.15. The Labute approximate surface area is 140 Å². The van der Waals surface area contributed by atoms with Gasteiger partial charge in [-0.25, -0.2) is 13.4 Å². The lowest BCUT2D eigenvalue weighted by atomic mass is 10.2. The van der Waals surface area contributed by atoms with Crippen LogP contribution in [0.2, 0.25) is 0 Å². The van der Waals surface area contributed by atoms with E-state index in [0.717, 1.165) is 5.39 Å². The molecule has 24 heavy (non-hydrogen) atoms. The van der Waals surface area contributed by atoms with Crippen molar-refractivity contribution in [2.75, 3.05) is 18.9 Å². The Hall–Kier alpha value is -2.80. The van der Waals surface area contributed by atoms with Crippen LogP contribution in [0.3, 0.4) is 0 Å². The maximum atomic E-state index is 12.7. The molecule has 0 saturated carbocycles. The van der Waals surface area contributed by atoms with Crippen LogP contribution in [-0.2, 0) is 10.0 Å². The highest BCUT2D eigenvalue weighted by Crippen LogP contribution is 2.29. The summed E-state index contributed by atoms with van der Waals surface area (Å²) in [7, 11) is -0.994.